The Balaban J connectivity index is 1.60. The van der Waals surface area contributed by atoms with Crippen LogP contribution in [0.15, 0.2) is 41.3 Å². The van der Waals surface area contributed by atoms with Gasteiger partial charge >= 0.3 is 6.36 Å². The van der Waals surface area contributed by atoms with Gasteiger partial charge in [0.2, 0.25) is 0 Å². The molecule has 1 saturated carbocycles. The molecule has 0 aromatic heterocycles. The third-order valence-corrected chi connectivity index (χ3v) is 7.07. The molecule has 0 aliphatic heterocycles. The fraction of sp³-hybridized carbons (Fsp3) is 0.462. The van der Waals surface area contributed by atoms with Gasteiger partial charge in [-0.1, -0.05) is 31.5 Å². The number of aryl methyl sites for hydroxylation is 3. The van der Waals surface area contributed by atoms with Crippen molar-refractivity contribution < 1.29 is 27.5 Å². The molecule has 33 heavy (non-hydrogen) atoms. The molecule has 0 radical (unpaired) electrons. The quantitative estimate of drug-likeness (QED) is 0.308. The van der Waals surface area contributed by atoms with Crippen molar-refractivity contribution in [3.05, 3.63) is 58.7 Å². The van der Waals surface area contributed by atoms with Gasteiger partial charge in [-0.15, -0.1) is 24.9 Å². The Bertz CT molecular complexity index is 956. The van der Waals surface area contributed by atoms with Gasteiger partial charge in [-0.3, -0.25) is 9.59 Å². The zero-order chi connectivity index (χ0) is 24.2. The summed E-state index contributed by atoms with van der Waals surface area (Å²) in [6.07, 6.45) is -1.67. The molecule has 2 aromatic carbocycles. The van der Waals surface area contributed by atoms with Gasteiger partial charge in [-0.2, -0.15) is 0 Å². The first-order valence-electron chi connectivity index (χ1n) is 11.3. The highest BCUT2D eigenvalue weighted by atomic mass is 32.2. The predicted octanol–water partition coefficient (Wildman–Crippen LogP) is 6.83. The minimum absolute atomic E-state index is 0.00203. The molecule has 3 nitrogen and oxygen atoms in total. The van der Waals surface area contributed by atoms with Crippen LogP contribution in [-0.4, -0.2) is 23.7 Å². The Morgan fingerprint density at radius 1 is 0.970 bits per heavy atom. The molecule has 1 aliphatic rings. The van der Waals surface area contributed by atoms with E-state index in [1.165, 1.54) is 23.9 Å². The molecule has 1 aliphatic carbocycles. The van der Waals surface area contributed by atoms with Gasteiger partial charge in [0.15, 0.2) is 0 Å². The lowest BCUT2D eigenvalue weighted by molar-refractivity contribution is -0.274. The number of hydrogen-bond donors (Lipinski definition) is 0. The van der Waals surface area contributed by atoms with E-state index < -0.39 is 12.3 Å². The number of alkyl halides is 3. The first-order valence-corrected chi connectivity index (χ1v) is 12.3. The third kappa shape index (κ3) is 6.62. The first kappa shape index (κ1) is 25.3. The predicted molar refractivity (Wildman–Crippen MR) is 124 cm³/mol. The summed E-state index contributed by atoms with van der Waals surface area (Å²) in [4.78, 5) is 27.0. The third-order valence-electron chi connectivity index (χ3n) is 6.02. The van der Waals surface area contributed by atoms with Crippen LogP contribution in [0.4, 0.5) is 13.2 Å². The molecule has 2 aromatic rings. The van der Waals surface area contributed by atoms with Crippen molar-refractivity contribution in [1.29, 1.82) is 0 Å². The highest BCUT2D eigenvalue weighted by molar-refractivity contribution is 7.99. The Morgan fingerprint density at radius 3 is 2.00 bits per heavy atom. The maximum atomic E-state index is 13.1. The van der Waals surface area contributed by atoms with Crippen LogP contribution in [0.5, 0.6) is 5.75 Å². The molecule has 7 heteroatoms. The maximum Gasteiger partial charge on any atom is 0.573 e. The molecule has 178 valence electrons. The number of rotatable bonds is 8. The first-order chi connectivity index (χ1) is 15.6. The lowest BCUT2D eigenvalue weighted by Crippen LogP contribution is -2.33. The summed E-state index contributed by atoms with van der Waals surface area (Å²) in [5.74, 6) is -0.218. The van der Waals surface area contributed by atoms with Crippen LogP contribution < -0.4 is 4.74 Å². The van der Waals surface area contributed by atoms with E-state index in [9.17, 15) is 22.8 Å². The lowest BCUT2D eigenvalue weighted by atomic mass is 9.73. The zero-order valence-electron chi connectivity index (χ0n) is 19.1. The van der Waals surface area contributed by atoms with Crippen LogP contribution in [0, 0.1) is 12.8 Å². The van der Waals surface area contributed by atoms with Crippen molar-refractivity contribution in [2.24, 2.45) is 5.92 Å². The smallest absolute Gasteiger partial charge is 0.406 e. The molecule has 0 spiro atoms. The second-order valence-corrected chi connectivity index (χ2v) is 9.67. The summed E-state index contributed by atoms with van der Waals surface area (Å²) < 4.78 is 40.7. The number of carbonyl (C=O) groups excluding carboxylic acids is 2. The Kier molecular flexibility index (Phi) is 8.27. The maximum absolute atomic E-state index is 13.1. The summed E-state index contributed by atoms with van der Waals surface area (Å²) in [5.41, 5.74) is 4.25. The van der Waals surface area contributed by atoms with Crippen LogP contribution in [0.2, 0.25) is 0 Å². The van der Waals surface area contributed by atoms with E-state index in [2.05, 4.69) is 30.7 Å². The summed E-state index contributed by atoms with van der Waals surface area (Å²) in [6.45, 7) is 6.14. The zero-order valence-corrected chi connectivity index (χ0v) is 19.9. The van der Waals surface area contributed by atoms with Crippen LogP contribution in [0.3, 0.4) is 0 Å². The second kappa shape index (κ2) is 10.8. The fourth-order valence-electron chi connectivity index (χ4n) is 4.57. The molecule has 0 amide bonds. The van der Waals surface area contributed by atoms with Crippen molar-refractivity contribution in [3.8, 4) is 5.75 Å². The van der Waals surface area contributed by atoms with E-state index in [4.69, 9.17) is 0 Å². The largest absolute Gasteiger partial charge is 0.573 e. The molecule has 0 unspecified atom stereocenters. The van der Waals surface area contributed by atoms with E-state index in [1.54, 1.807) is 12.1 Å². The Morgan fingerprint density at radius 2 is 1.52 bits per heavy atom. The van der Waals surface area contributed by atoms with E-state index in [-0.39, 0.29) is 23.2 Å². The molecule has 0 bridgehead atoms. The standard InChI is InChI=1S/C26H29F3O3S/c1-4-18-12-16(3)13-19(5-2)24(18)25-22(30)14-17(15-23(25)31)10-11-33-21-8-6-20(7-9-21)32-26(27,28)29/h6-9,12-13,17,25H,4-5,10-11,14-15H2,1-3H3. The summed E-state index contributed by atoms with van der Waals surface area (Å²) in [7, 11) is 0. The summed E-state index contributed by atoms with van der Waals surface area (Å²) >= 11 is 1.49. The number of ether oxygens (including phenoxy) is 1. The van der Waals surface area contributed by atoms with E-state index in [1.807, 2.05) is 6.92 Å². The number of carbonyl (C=O) groups is 2. The van der Waals surface area contributed by atoms with Gasteiger partial charge in [0, 0.05) is 17.7 Å². The average molecular weight is 479 g/mol. The van der Waals surface area contributed by atoms with Crippen LogP contribution >= 0.6 is 11.8 Å². The molecule has 0 heterocycles. The van der Waals surface area contributed by atoms with Crippen LogP contribution in [-0.2, 0) is 22.4 Å². The molecule has 3 rings (SSSR count). The van der Waals surface area contributed by atoms with Gasteiger partial charge in [0.25, 0.3) is 0 Å². The van der Waals surface area contributed by atoms with Crippen molar-refractivity contribution >= 4 is 23.3 Å². The number of benzene rings is 2. The van der Waals surface area contributed by atoms with Crippen molar-refractivity contribution in [3.63, 3.8) is 0 Å². The Labute approximate surface area is 197 Å². The van der Waals surface area contributed by atoms with E-state index in [0.717, 1.165) is 40.0 Å². The minimum Gasteiger partial charge on any atom is -0.406 e. The van der Waals surface area contributed by atoms with E-state index >= 15 is 0 Å². The van der Waals surface area contributed by atoms with Crippen molar-refractivity contribution in [2.75, 3.05) is 5.75 Å². The number of halogens is 3. The average Bonchev–Trinajstić information content (AvgIpc) is 2.74. The number of ketones is 2. The molecular weight excluding hydrogens is 449 g/mol. The molecule has 0 N–H and O–H groups in total. The molecular formula is C26H29F3O3S. The molecule has 0 atom stereocenters. The van der Waals surface area contributed by atoms with Gasteiger partial charge in [0.05, 0.1) is 0 Å². The van der Waals surface area contributed by atoms with Gasteiger partial charge in [0.1, 0.15) is 23.2 Å². The molecule has 1 fully saturated rings. The number of hydrogen-bond acceptors (Lipinski definition) is 4. The van der Waals surface area contributed by atoms with Gasteiger partial charge in [-0.25, -0.2) is 0 Å². The highest BCUT2D eigenvalue weighted by Crippen LogP contribution is 2.37. The number of Topliss-reactive ketones (excluding diaryl/α,β-unsaturated/α-hetero) is 2. The van der Waals surface area contributed by atoms with Crippen molar-refractivity contribution in [2.45, 2.75) is 70.1 Å². The summed E-state index contributed by atoms with van der Waals surface area (Å²) in [6, 6.07) is 9.90. The lowest BCUT2D eigenvalue weighted by Gasteiger charge is -2.29. The highest BCUT2D eigenvalue weighted by Gasteiger charge is 2.38. The molecule has 0 saturated heterocycles. The summed E-state index contributed by atoms with van der Waals surface area (Å²) in [5, 5.41) is 0. The van der Waals surface area contributed by atoms with E-state index in [0.29, 0.717) is 25.0 Å². The van der Waals surface area contributed by atoms with Gasteiger partial charge in [-0.05, 0) is 78.8 Å². The van der Waals surface area contributed by atoms with Crippen LogP contribution in [0.1, 0.15) is 61.3 Å². The SMILES string of the molecule is CCc1cc(C)cc(CC)c1C1C(=O)CC(CCSc2ccc(OC(F)(F)F)cc2)CC1=O. The fourth-order valence-corrected chi connectivity index (χ4v) is 5.59. The second-order valence-electron chi connectivity index (χ2n) is 8.50. The Hall–Kier alpha value is -2.28. The topological polar surface area (TPSA) is 43.4 Å². The van der Waals surface area contributed by atoms with Crippen molar-refractivity contribution in [1.82, 2.24) is 0 Å². The minimum atomic E-state index is -4.71. The van der Waals surface area contributed by atoms with Gasteiger partial charge < -0.3 is 4.74 Å². The normalized spacial score (nSPS) is 19.1. The number of thioether (sulfide) groups is 1. The monoisotopic (exact) mass is 478 g/mol. The van der Waals surface area contributed by atoms with Crippen LogP contribution in [0.25, 0.3) is 0 Å².